The summed E-state index contributed by atoms with van der Waals surface area (Å²) in [6.45, 7) is 0. The van der Waals surface area contributed by atoms with E-state index in [-0.39, 0.29) is 5.91 Å². The number of aliphatic hydroxyl groups is 1. The lowest BCUT2D eigenvalue weighted by Crippen LogP contribution is -2.40. The number of para-hydroxylation sites is 1. The van der Waals surface area contributed by atoms with Gasteiger partial charge in [0.15, 0.2) is 0 Å². The van der Waals surface area contributed by atoms with Crippen LogP contribution in [0.2, 0.25) is 0 Å². The Labute approximate surface area is 147 Å². The molecule has 1 saturated carbocycles. The Balaban J connectivity index is 1.75. The van der Waals surface area contributed by atoms with Crippen LogP contribution in [-0.4, -0.2) is 29.6 Å². The molecule has 0 aromatic heterocycles. The molecule has 2 aromatic carbocycles. The standard InChI is InChI=1S/C20H22N2O3/c1-22(17-10-3-2-4-11-17)18(23)15-8-7-9-16(14-15)21-19(24)20(25)12-5-6-13-20/h2-4,7-11,14,25H,5-6,12-13H2,1H3,(H,21,24). The van der Waals surface area contributed by atoms with Crippen LogP contribution in [-0.2, 0) is 4.79 Å². The first-order valence-electron chi connectivity index (χ1n) is 8.47. The molecule has 1 fully saturated rings. The number of nitrogens with zero attached hydrogens (tertiary/aromatic N) is 1. The SMILES string of the molecule is CN(C(=O)c1cccc(NC(=O)C2(O)CCCC2)c1)c1ccccc1. The van der Waals surface area contributed by atoms with Crippen molar-refractivity contribution in [3.05, 3.63) is 60.2 Å². The fourth-order valence-corrected chi connectivity index (χ4v) is 3.13. The summed E-state index contributed by atoms with van der Waals surface area (Å²) in [5.41, 5.74) is 0.489. The molecule has 1 aliphatic carbocycles. The highest BCUT2D eigenvalue weighted by Gasteiger charge is 2.38. The summed E-state index contributed by atoms with van der Waals surface area (Å²) in [5.74, 6) is -0.562. The van der Waals surface area contributed by atoms with Gasteiger partial charge in [-0.15, -0.1) is 0 Å². The van der Waals surface area contributed by atoms with Crippen LogP contribution in [0.4, 0.5) is 11.4 Å². The third-order valence-electron chi connectivity index (χ3n) is 4.67. The zero-order valence-electron chi connectivity index (χ0n) is 14.2. The van der Waals surface area contributed by atoms with E-state index in [0.29, 0.717) is 24.1 Å². The average Bonchev–Trinajstić information content (AvgIpc) is 3.09. The van der Waals surface area contributed by atoms with Gasteiger partial charge >= 0.3 is 0 Å². The smallest absolute Gasteiger partial charge is 0.258 e. The van der Waals surface area contributed by atoms with E-state index in [1.54, 1.807) is 36.2 Å². The third-order valence-corrected chi connectivity index (χ3v) is 4.67. The highest BCUT2D eigenvalue weighted by molar-refractivity contribution is 6.07. The number of nitrogens with one attached hydrogen (secondary N) is 1. The Morgan fingerprint density at radius 1 is 1.04 bits per heavy atom. The summed E-state index contributed by atoms with van der Waals surface area (Å²) in [4.78, 5) is 26.5. The van der Waals surface area contributed by atoms with Crippen LogP contribution in [0.1, 0.15) is 36.0 Å². The summed E-state index contributed by atoms with van der Waals surface area (Å²) in [6.07, 6.45) is 2.66. The Morgan fingerprint density at radius 2 is 1.72 bits per heavy atom. The molecule has 0 unspecified atom stereocenters. The lowest BCUT2D eigenvalue weighted by Gasteiger charge is -2.21. The molecule has 130 valence electrons. The van der Waals surface area contributed by atoms with Crippen molar-refractivity contribution in [1.29, 1.82) is 0 Å². The molecular formula is C20H22N2O3. The normalized spacial score (nSPS) is 15.6. The molecule has 2 N–H and O–H groups in total. The predicted molar refractivity (Wildman–Crippen MR) is 97.7 cm³/mol. The lowest BCUT2D eigenvalue weighted by atomic mass is 10.0. The van der Waals surface area contributed by atoms with E-state index in [4.69, 9.17) is 0 Å². The van der Waals surface area contributed by atoms with Crippen LogP contribution in [0.5, 0.6) is 0 Å². The van der Waals surface area contributed by atoms with Gasteiger partial charge in [0, 0.05) is 24.0 Å². The highest BCUT2D eigenvalue weighted by atomic mass is 16.3. The molecule has 25 heavy (non-hydrogen) atoms. The zero-order valence-corrected chi connectivity index (χ0v) is 14.2. The van der Waals surface area contributed by atoms with Gasteiger partial charge in [-0.2, -0.15) is 0 Å². The van der Waals surface area contributed by atoms with E-state index in [2.05, 4.69) is 5.32 Å². The van der Waals surface area contributed by atoms with Crippen LogP contribution in [0.3, 0.4) is 0 Å². The van der Waals surface area contributed by atoms with Crippen LogP contribution < -0.4 is 10.2 Å². The number of anilines is 2. The van der Waals surface area contributed by atoms with Gasteiger partial charge in [-0.05, 0) is 56.0 Å². The van der Waals surface area contributed by atoms with Gasteiger partial charge in [0.1, 0.15) is 5.60 Å². The van der Waals surface area contributed by atoms with Crippen LogP contribution in [0.15, 0.2) is 54.6 Å². The van der Waals surface area contributed by atoms with Gasteiger partial charge in [0.05, 0.1) is 0 Å². The minimum absolute atomic E-state index is 0.165. The number of hydrogen-bond donors (Lipinski definition) is 2. The van der Waals surface area contributed by atoms with Crippen molar-refractivity contribution >= 4 is 23.2 Å². The van der Waals surface area contributed by atoms with Crippen molar-refractivity contribution in [2.45, 2.75) is 31.3 Å². The van der Waals surface area contributed by atoms with E-state index >= 15 is 0 Å². The maximum atomic E-state index is 12.7. The summed E-state index contributed by atoms with van der Waals surface area (Å²) >= 11 is 0. The lowest BCUT2D eigenvalue weighted by molar-refractivity contribution is -0.133. The molecule has 0 bridgehead atoms. The van der Waals surface area contributed by atoms with E-state index in [1.165, 1.54) is 0 Å². The van der Waals surface area contributed by atoms with Gasteiger partial charge in [-0.25, -0.2) is 0 Å². The minimum Gasteiger partial charge on any atom is -0.380 e. The number of amides is 2. The van der Waals surface area contributed by atoms with Gasteiger partial charge in [-0.3, -0.25) is 9.59 Å². The molecule has 2 aromatic rings. The topological polar surface area (TPSA) is 69.6 Å². The van der Waals surface area contributed by atoms with Gasteiger partial charge < -0.3 is 15.3 Å². The van der Waals surface area contributed by atoms with Crippen molar-refractivity contribution in [3.63, 3.8) is 0 Å². The van der Waals surface area contributed by atoms with E-state index in [1.807, 2.05) is 30.3 Å². The molecule has 0 heterocycles. The third kappa shape index (κ3) is 3.72. The number of carbonyl (C=O) groups is 2. The quantitative estimate of drug-likeness (QED) is 0.899. The summed E-state index contributed by atoms with van der Waals surface area (Å²) < 4.78 is 0. The molecule has 3 rings (SSSR count). The maximum Gasteiger partial charge on any atom is 0.258 e. The Morgan fingerprint density at radius 3 is 2.40 bits per heavy atom. The molecule has 1 aliphatic rings. The summed E-state index contributed by atoms with van der Waals surface area (Å²) in [5, 5.41) is 13.1. The predicted octanol–water partition coefficient (Wildman–Crippen LogP) is 3.21. The van der Waals surface area contributed by atoms with Crippen molar-refractivity contribution in [2.24, 2.45) is 0 Å². The maximum absolute atomic E-state index is 12.7. The van der Waals surface area contributed by atoms with Crippen LogP contribution in [0.25, 0.3) is 0 Å². The molecule has 5 heteroatoms. The van der Waals surface area contributed by atoms with Gasteiger partial charge in [0.25, 0.3) is 11.8 Å². The minimum atomic E-state index is -1.29. The fourth-order valence-electron chi connectivity index (χ4n) is 3.13. The molecule has 0 saturated heterocycles. The highest BCUT2D eigenvalue weighted by Crippen LogP contribution is 2.30. The van der Waals surface area contributed by atoms with Gasteiger partial charge in [0.2, 0.25) is 0 Å². The number of rotatable bonds is 4. The van der Waals surface area contributed by atoms with Crippen molar-refractivity contribution < 1.29 is 14.7 Å². The van der Waals surface area contributed by atoms with Crippen molar-refractivity contribution in [1.82, 2.24) is 0 Å². The largest absolute Gasteiger partial charge is 0.380 e. The first-order chi connectivity index (χ1) is 12.0. The first-order valence-corrected chi connectivity index (χ1v) is 8.47. The van der Waals surface area contributed by atoms with Crippen molar-refractivity contribution in [3.8, 4) is 0 Å². The van der Waals surface area contributed by atoms with E-state index in [0.717, 1.165) is 18.5 Å². The second-order valence-corrected chi connectivity index (χ2v) is 6.47. The van der Waals surface area contributed by atoms with E-state index in [9.17, 15) is 14.7 Å². The fraction of sp³-hybridized carbons (Fsp3) is 0.300. The molecule has 0 atom stereocenters. The first kappa shape index (κ1) is 17.2. The Kier molecular flexibility index (Phi) is 4.86. The number of hydrogen-bond acceptors (Lipinski definition) is 3. The Bertz CT molecular complexity index is 768. The van der Waals surface area contributed by atoms with Crippen molar-refractivity contribution in [2.75, 3.05) is 17.3 Å². The second kappa shape index (κ2) is 7.07. The summed E-state index contributed by atoms with van der Waals surface area (Å²) in [7, 11) is 1.71. The molecule has 5 nitrogen and oxygen atoms in total. The second-order valence-electron chi connectivity index (χ2n) is 6.47. The molecule has 0 radical (unpaired) electrons. The number of benzene rings is 2. The summed E-state index contributed by atoms with van der Waals surface area (Å²) in [6, 6.07) is 16.1. The average molecular weight is 338 g/mol. The molecule has 0 spiro atoms. The monoisotopic (exact) mass is 338 g/mol. The van der Waals surface area contributed by atoms with Crippen LogP contribution >= 0.6 is 0 Å². The molecule has 0 aliphatic heterocycles. The molecular weight excluding hydrogens is 316 g/mol. The Hall–Kier alpha value is -2.66. The van der Waals surface area contributed by atoms with E-state index < -0.39 is 11.5 Å². The van der Waals surface area contributed by atoms with Crippen LogP contribution in [0, 0.1) is 0 Å². The zero-order chi connectivity index (χ0) is 17.9. The van der Waals surface area contributed by atoms with Gasteiger partial charge in [-0.1, -0.05) is 24.3 Å². The number of carbonyl (C=O) groups excluding carboxylic acids is 2. The molecule has 2 amide bonds.